The summed E-state index contributed by atoms with van der Waals surface area (Å²) in [6.07, 6.45) is 3.48. The number of nitrogens with one attached hydrogen (secondary N) is 2. The van der Waals surface area contributed by atoms with Crippen molar-refractivity contribution in [3.05, 3.63) is 30.1 Å². The van der Waals surface area contributed by atoms with E-state index in [4.69, 9.17) is 17.0 Å². The Bertz CT molecular complexity index is 380. The van der Waals surface area contributed by atoms with E-state index in [-0.39, 0.29) is 0 Å². The molecule has 0 saturated carbocycles. The molecule has 1 rings (SSSR count). The van der Waals surface area contributed by atoms with Gasteiger partial charge in [0.25, 0.3) is 0 Å². The van der Waals surface area contributed by atoms with Crippen LogP contribution >= 0.6 is 12.2 Å². The van der Waals surface area contributed by atoms with Crippen LogP contribution in [0.5, 0.6) is 0 Å². The molecule has 0 fully saturated rings. The van der Waals surface area contributed by atoms with Crippen LogP contribution in [0.25, 0.3) is 0 Å². The Kier molecular flexibility index (Phi) is 6.13. The number of hydrogen-bond donors (Lipinski definition) is 2. The molecule has 1 aromatic rings. The lowest BCUT2D eigenvalue weighted by Crippen LogP contribution is -2.34. The molecular weight excluding hydrogens is 236 g/mol. The van der Waals surface area contributed by atoms with Gasteiger partial charge in [0.2, 0.25) is 0 Å². The summed E-state index contributed by atoms with van der Waals surface area (Å²) in [5.41, 5.74) is 4.55. The van der Waals surface area contributed by atoms with Crippen molar-refractivity contribution in [3.8, 4) is 0 Å². The van der Waals surface area contributed by atoms with Gasteiger partial charge in [-0.2, -0.15) is 5.10 Å². The van der Waals surface area contributed by atoms with Crippen molar-refractivity contribution in [1.82, 2.24) is 15.7 Å². The van der Waals surface area contributed by atoms with Crippen LogP contribution in [-0.2, 0) is 4.74 Å². The van der Waals surface area contributed by atoms with E-state index in [0.29, 0.717) is 18.3 Å². The van der Waals surface area contributed by atoms with Gasteiger partial charge in [0.15, 0.2) is 5.11 Å². The maximum Gasteiger partial charge on any atom is 0.187 e. The molecule has 0 aliphatic carbocycles. The molecule has 0 atom stereocenters. The third kappa shape index (κ3) is 5.37. The number of hydrazone groups is 1. The number of nitrogens with zero attached hydrogens (tertiary/aromatic N) is 2. The zero-order valence-corrected chi connectivity index (χ0v) is 10.8. The molecule has 0 radical (unpaired) electrons. The third-order valence-corrected chi connectivity index (χ3v) is 2.23. The third-order valence-electron chi connectivity index (χ3n) is 2.00. The summed E-state index contributed by atoms with van der Waals surface area (Å²) in [5.74, 6) is 0. The minimum Gasteiger partial charge on any atom is -0.383 e. The molecule has 0 aliphatic heterocycles. The summed E-state index contributed by atoms with van der Waals surface area (Å²) < 4.78 is 4.89. The summed E-state index contributed by atoms with van der Waals surface area (Å²) in [7, 11) is 1.64. The average molecular weight is 252 g/mol. The molecular formula is C11H16N4OS. The Morgan fingerprint density at radius 1 is 1.59 bits per heavy atom. The number of rotatable bonds is 5. The van der Waals surface area contributed by atoms with Gasteiger partial charge in [-0.1, -0.05) is 6.07 Å². The van der Waals surface area contributed by atoms with Crippen molar-refractivity contribution in [1.29, 1.82) is 0 Å². The van der Waals surface area contributed by atoms with Crippen molar-refractivity contribution in [2.75, 3.05) is 20.3 Å². The maximum absolute atomic E-state index is 5.04. The van der Waals surface area contributed by atoms with Gasteiger partial charge in [-0.05, 0) is 25.2 Å². The SMILES string of the molecule is COCCNC(=S)NN=C(C)c1cccnc1. The highest BCUT2D eigenvalue weighted by Crippen LogP contribution is 1.97. The van der Waals surface area contributed by atoms with E-state index in [9.17, 15) is 0 Å². The molecule has 0 amide bonds. The largest absolute Gasteiger partial charge is 0.383 e. The van der Waals surface area contributed by atoms with Gasteiger partial charge >= 0.3 is 0 Å². The standard InChI is InChI=1S/C11H16N4OS/c1-9(10-4-3-5-12-8-10)14-15-11(17)13-6-7-16-2/h3-5,8H,6-7H2,1-2H3,(H2,13,15,17). The molecule has 17 heavy (non-hydrogen) atoms. The quantitative estimate of drug-likeness (QED) is 0.353. The van der Waals surface area contributed by atoms with Gasteiger partial charge in [0, 0.05) is 31.6 Å². The first kappa shape index (κ1) is 13.5. The van der Waals surface area contributed by atoms with Gasteiger partial charge in [0.1, 0.15) is 0 Å². The van der Waals surface area contributed by atoms with Crippen molar-refractivity contribution in [3.63, 3.8) is 0 Å². The number of ether oxygens (including phenoxy) is 1. The second-order valence-corrected chi connectivity index (χ2v) is 3.71. The van der Waals surface area contributed by atoms with Gasteiger partial charge in [-0.25, -0.2) is 0 Å². The molecule has 92 valence electrons. The van der Waals surface area contributed by atoms with Crippen LogP contribution < -0.4 is 10.7 Å². The predicted molar refractivity (Wildman–Crippen MR) is 72.1 cm³/mol. The number of pyridine rings is 1. The fourth-order valence-corrected chi connectivity index (χ4v) is 1.23. The highest BCUT2D eigenvalue weighted by Gasteiger charge is 1.97. The van der Waals surface area contributed by atoms with Crippen molar-refractivity contribution >= 4 is 23.0 Å². The van der Waals surface area contributed by atoms with Crippen LogP contribution in [0.15, 0.2) is 29.6 Å². The number of thiocarbonyl (C=S) groups is 1. The molecule has 0 aliphatic rings. The fourth-order valence-electron chi connectivity index (χ4n) is 1.08. The van der Waals surface area contributed by atoms with E-state index in [1.54, 1.807) is 19.5 Å². The molecule has 0 saturated heterocycles. The van der Waals surface area contributed by atoms with Crippen LogP contribution in [0.1, 0.15) is 12.5 Å². The lowest BCUT2D eigenvalue weighted by molar-refractivity contribution is 0.204. The first-order chi connectivity index (χ1) is 8.24. The Labute approximate surface area is 106 Å². The first-order valence-electron chi connectivity index (χ1n) is 5.21. The molecule has 0 aromatic carbocycles. The number of hydrogen-bond acceptors (Lipinski definition) is 4. The van der Waals surface area contributed by atoms with E-state index in [1.807, 2.05) is 19.1 Å². The Balaban J connectivity index is 2.40. The van der Waals surface area contributed by atoms with Crippen molar-refractivity contribution in [2.24, 2.45) is 5.10 Å². The lowest BCUT2D eigenvalue weighted by Gasteiger charge is -2.07. The first-order valence-corrected chi connectivity index (χ1v) is 5.62. The lowest BCUT2D eigenvalue weighted by atomic mass is 10.2. The highest BCUT2D eigenvalue weighted by atomic mass is 32.1. The van der Waals surface area contributed by atoms with Crippen LogP contribution in [0.4, 0.5) is 0 Å². The average Bonchev–Trinajstić information content (AvgIpc) is 2.37. The minimum atomic E-state index is 0.477. The summed E-state index contributed by atoms with van der Waals surface area (Å²) in [6, 6.07) is 3.80. The number of aromatic nitrogens is 1. The Hall–Kier alpha value is -1.53. The second kappa shape index (κ2) is 7.70. The zero-order valence-electron chi connectivity index (χ0n) is 9.93. The molecule has 5 nitrogen and oxygen atoms in total. The van der Waals surface area contributed by atoms with Gasteiger partial charge in [0.05, 0.1) is 12.3 Å². The fraction of sp³-hybridized carbons (Fsp3) is 0.364. The summed E-state index contributed by atoms with van der Waals surface area (Å²) in [4.78, 5) is 4.02. The monoisotopic (exact) mass is 252 g/mol. The second-order valence-electron chi connectivity index (χ2n) is 3.30. The predicted octanol–water partition coefficient (Wildman–Crippen LogP) is 0.916. The molecule has 1 heterocycles. The van der Waals surface area contributed by atoms with E-state index in [1.165, 1.54) is 0 Å². The zero-order chi connectivity index (χ0) is 12.5. The summed E-state index contributed by atoms with van der Waals surface area (Å²) in [6.45, 7) is 3.15. The van der Waals surface area contributed by atoms with E-state index in [2.05, 4.69) is 20.8 Å². The van der Waals surface area contributed by atoms with Crippen molar-refractivity contribution in [2.45, 2.75) is 6.92 Å². The molecule has 0 spiro atoms. The Morgan fingerprint density at radius 3 is 3.06 bits per heavy atom. The van der Waals surface area contributed by atoms with Crippen LogP contribution in [0.2, 0.25) is 0 Å². The molecule has 2 N–H and O–H groups in total. The van der Waals surface area contributed by atoms with Crippen LogP contribution in [-0.4, -0.2) is 36.1 Å². The Morgan fingerprint density at radius 2 is 2.41 bits per heavy atom. The van der Waals surface area contributed by atoms with E-state index < -0.39 is 0 Å². The number of methoxy groups -OCH3 is 1. The normalized spacial score (nSPS) is 11.1. The van der Waals surface area contributed by atoms with Gasteiger partial charge in [-0.3, -0.25) is 10.4 Å². The maximum atomic E-state index is 5.04. The minimum absolute atomic E-state index is 0.477. The summed E-state index contributed by atoms with van der Waals surface area (Å²) in [5, 5.41) is 7.60. The van der Waals surface area contributed by atoms with Crippen molar-refractivity contribution < 1.29 is 4.74 Å². The molecule has 0 bridgehead atoms. The van der Waals surface area contributed by atoms with Crippen LogP contribution in [0, 0.1) is 0 Å². The van der Waals surface area contributed by atoms with E-state index >= 15 is 0 Å². The van der Waals surface area contributed by atoms with Gasteiger partial charge < -0.3 is 10.1 Å². The molecule has 0 unspecified atom stereocenters. The topological polar surface area (TPSA) is 58.5 Å². The smallest absolute Gasteiger partial charge is 0.187 e. The highest BCUT2D eigenvalue weighted by molar-refractivity contribution is 7.80. The molecule has 1 aromatic heterocycles. The van der Waals surface area contributed by atoms with E-state index in [0.717, 1.165) is 11.3 Å². The van der Waals surface area contributed by atoms with Gasteiger partial charge in [-0.15, -0.1) is 0 Å². The van der Waals surface area contributed by atoms with Crippen LogP contribution in [0.3, 0.4) is 0 Å². The molecule has 6 heteroatoms. The summed E-state index contributed by atoms with van der Waals surface area (Å²) >= 11 is 5.04.